The van der Waals surface area contributed by atoms with Crippen LogP contribution in [0.15, 0.2) is 23.5 Å². The highest BCUT2D eigenvalue weighted by Gasteiger charge is 2.25. The fraction of sp³-hybridized carbons (Fsp3) is 0.533. The lowest BCUT2D eigenvalue weighted by molar-refractivity contribution is -0.133. The second-order valence-electron chi connectivity index (χ2n) is 5.72. The average Bonchev–Trinajstić information content (AvgIpc) is 2.83. The quantitative estimate of drug-likeness (QED) is 0.877. The van der Waals surface area contributed by atoms with Gasteiger partial charge in [-0.2, -0.15) is 0 Å². The number of hydrogen-bond donors (Lipinski definition) is 1. The zero-order chi connectivity index (χ0) is 14.8. The first-order valence-electron chi connectivity index (χ1n) is 7.32. The molecule has 0 bridgehead atoms. The van der Waals surface area contributed by atoms with E-state index < -0.39 is 5.97 Å². The summed E-state index contributed by atoms with van der Waals surface area (Å²) in [6.45, 7) is 2.28. The minimum absolute atomic E-state index is 0.0333. The van der Waals surface area contributed by atoms with E-state index in [1.807, 2.05) is 12.1 Å². The fourth-order valence-electron chi connectivity index (χ4n) is 3.10. The van der Waals surface area contributed by atoms with Crippen LogP contribution in [0.3, 0.4) is 0 Å². The Balaban J connectivity index is 2.00. The van der Waals surface area contributed by atoms with Crippen LogP contribution in [0.25, 0.3) is 11.2 Å². The molecule has 0 aromatic carbocycles. The van der Waals surface area contributed by atoms with E-state index in [4.69, 9.17) is 5.11 Å². The molecule has 1 aliphatic carbocycles. The van der Waals surface area contributed by atoms with Crippen LogP contribution in [-0.4, -0.2) is 31.4 Å². The molecule has 6 heteroatoms. The Kier molecular flexibility index (Phi) is 4.14. The maximum absolute atomic E-state index is 10.9. The van der Waals surface area contributed by atoms with Gasteiger partial charge < -0.3 is 9.67 Å². The molecule has 3 rings (SSSR count). The van der Waals surface area contributed by atoms with Gasteiger partial charge in [-0.15, -0.1) is 0 Å². The number of rotatable bonds is 4. The molecular weight excluding hydrogens is 286 g/mol. The van der Waals surface area contributed by atoms with Gasteiger partial charge in [0.25, 0.3) is 0 Å². The topological polar surface area (TPSA) is 68.0 Å². The van der Waals surface area contributed by atoms with Crippen molar-refractivity contribution in [2.24, 2.45) is 5.92 Å². The summed E-state index contributed by atoms with van der Waals surface area (Å²) in [6, 6.07) is 4.19. The molecule has 5 nitrogen and oxygen atoms in total. The van der Waals surface area contributed by atoms with E-state index in [2.05, 4.69) is 21.5 Å². The van der Waals surface area contributed by atoms with Crippen molar-refractivity contribution < 1.29 is 9.90 Å². The standard InChI is InChI=1S/C15H19N3O2S/c1-10-4-2-5-11(8-10)18-14-12(6-3-7-16-14)17-15(18)21-9-13(19)20/h3,6-7,10-11H,2,4-5,8-9H2,1H3,(H,19,20). The Morgan fingerprint density at radius 1 is 1.52 bits per heavy atom. The molecule has 1 fully saturated rings. The number of fused-ring (bicyclic) bond motifs is 1. The number of imidazole rings is 1. The van der Waals surface area contributed by atoms with Crippen LogP contribution in [0, 0.1) is 5.92 Å². The first-order valence-corrected chi connectivity index (χ1v) is 8.31. The van der Waals surface area contributed by atoms with E-state index in [0.29, 0.717) is 12.0 Å². The SMILES string of the molecule is CC1CCCC(n2c(SCC(=O)O)nc3cccnc32)C1. The smallest absolute Gasteiger partial charge is 0.313 e. The molecular formula is C15H19N3O2S. The Bertz CT molecular complexity index is 655. The Labute approximate surface area is 127 Å². The minimum Gasteiger partial charge on any atom is -0.481 e. The number of aliphatic carboxylic acids is 1. The molecule has 112 valence electrons. The zero-order valence-corrected chi connectivity index (χ0v) is 12.8. The summed E-state index contributed by atoms with van der Waals surface area (Å²) in [6.07, 6.45) is 6.49. The van der Waals surface area contributed by atoms with Crippen LogP contribution < -0.4 is 0 Å². The molecule has 1 aliphatic rings. The number of aromatic nitrogens is 3. The molecule has 0 saturated heterocycles. The maximum Gasteiger partial charge on any atom is 0.313 e. The Morgan fingerprint density at radius 3 is 3.14 bits per heavy atom. The van der Waals surface area contributed by atoms with E-state index in [0.717, 1.165) is 29.2 Å². The molecule has 21 heavy (non-hydrogen) atoms. The van der Waals surface area contributed by atoms with Crippen molar-refractivity contribution in [2.45, 2.75) is 43.8 Å². The third-order valence-corrected chi connectivity index (χ3v) is 4.95. The van der Waals surface area contributed by atoms with Crippen molar-refractivity contribution in [1.82, 2.24) is 14.5 Å². The first kappa shape index (κ1) is 14.4. The van der Waals surface area contributed by atoms with E-state index in [9.17, 15) is 4.79 Å². The van der Waals surface area contributed by atoms with Gasteiger partial charge in [-0.05, 0) is 30.9 Å². The van der Waals surface area contributed by atoms with Crippen LogP contribution in [0.5, 0.6) is 0 Å². The van der Waals surface area contributed by atoms with E-state index in [-0.39, 0.29) is 5.75 Å². The predicted molar refractivity (Wildman–Crippen MR) is 82.6 cm³/mol. The van der Waals surface area contributed by atoms with Crippen LogP contribution in [0.4, 0.5) is 0 Å². The van der Waals surface area contributed by atoms with E-state index in [1.54, 1.807) is 6.20 Å². The Morgan fingerprint density at radius 2 is 2.38 bits per heavy atom. The normalized spacial score (nSPS) is 22.5. The van der Waals surface area contributed by atoms with E-state index in [1.165, 1.54) is 24.6 Å². The van der Waals surface area contributed by atoms with Gasteiger partial charge in [-0.1, -0.05) is 31.5 Å². The van der Waals surface area contributed by atoms with Gasteiger partial charge in [-0.3, -0.25) is 4.79 Å². The second-order valence-corrected chi connectivity index (χ2v) is 6.66. The van der Waals surface area contributed by atoms with Crippen molar-refractivity contribution >= 4 is 28.9 Å². The van der Waals surface area contributed by atoms with Crippen LogP contribution >= 0.6 is 11.8 Å². The lowest BCUT2D eigenvalue weighted by Gasteiger charge is -2.28. The van der Waals surface area contributed by atoms with Crippen LogP contribution in [0.2, 0.25) is 0 Å². The lowest BCUT2D eigenvalue weighted by atomic mass is 9.87. The molecule has 2 aromatic heterocycles. The third kappa shape index (κ3) is 3.05. The molecule has 2 heterocycles. The average molecular weight is 305 g/mol. The molecule has 0 spiro atoms. The van der Waals surface area contributed by atoms with Crippen molar-refractivity contribution in [3.05, 3.63) is 18.3 Å². The van der Waals surface area contributed by atoms with Gasteiger partial charge in [0.05, 0.1) is 5.75 Å². The largest absolute Gasteiger partial charge is 0.481 e. The summed E-state index contributed by atoms with van der Waals surface area (Å²) >= 11 is 1.29. The number of carboxylic acid groups (broad SMARTS) is 1. The predicted octanol–water partition coefficient (Wildman–Crippen LogP) is 3.36. The summed E-state index contributed by atoms with van der Waals surface area (Å²) in [5.41, 5.74) is 1.73. The van der Waals surface area contributed by atoms with Crippen molar-refractivity contribution in [3.63, 3.8) is 0 Å². The molecule has 2 unspecified atom stereocenters. The molecule has 1 saturated carbocycles. The van der Waals surface area contributed by atoms with Crippen molar-refractivity contribution in [1.29, 1.82) is 0 Å². The van der Waals surface area contributed by atoms with Gasteiger partial charge in [0.15, 0.2) is 10.8 Å². The molecule has 0 amide bonds. The second kappa shape index (κ2) is 6.05. The third-order valence-electron chi connectivity index (χ3n) is 4.02. The molecule has 2 atom stereocenters. The highest BCUT2D eigenvalue weighted by molar-refractivity contribution is 7.99. The minimum atomic E-state index is -0.816. The van der Waals surface area contributed by atoms with Crippen molar-refractivity contribution in [3.8, 4) is 0 Å². The van der Waals surface area contributed by atoms with E-state index >= 15 is 0 Å². The molecule has 1 N–H and O–H groups in total. The zero-order valence-electron chi connectivity index (χ0n) is 12.0. The number of hydrogen-bond acceptors (Lipinski definition) is 4. The molecule has 0 aliphatic heterocycles. The summed E-state index contributed by atoms with van der Waals surface area (Å²) in [5.74, 6) is -0.0863. The lowest BCUT2D eigenvalue weighted by Crippen LogP contribution is -2.19. The van der Waals surface area contributed by atoms with Gasteiger partial charge in [0.2, 0.25) is 0 Å². The molecule has 2 aromatic rings. The number of thioether (sulfide) groups is 1. The van der Waals surface area contributed by atoms with Crippen LogP contribution in [0.1, 0.15) is 38.6 Å². The first-order chi connectivity index (χ1) is 10.1. The number of carbonyl (C=O) groups is 1. The number of carboxylic acids is 1. The fourth-order valence-corrected chi connectivity index (χ4v) is 3.89. The highest BCUT2D eigenvalue weighted by Crippen LogP contribution is 2.37. The van der Waals surface area contributed by atoms with Crippen molar-refractivity contribution in [2.75, 3.05) is 5.75 Å². The van der Waals surface area contributed by atoms with Gasteiger partial charge in [0.1, 0.15) is 5.52 Å². The molecule has 0 radical (unpaired) electrons. The Hall–Kier alpha value is -1.56. The summed E-state index contributed by atoms with van der Waals surface area (Å²) in [7, 11) is 0. The summed E-state index contributed by atoms with van der Waals surface area (Å²) < 4.78 is 2.17. The highest BCUT2D eigenvalue weighted by atomic mass is 32.2. The maximum atomic E-state index is 10.9. The van der Waals surface area contributed by atoms with Gasteiger partial charge in [0, 0.05) is 12.2 Å². The number of nitrogens with zero attached hydrogens (tertiary/aromatic N) is 3. The summed E-state index contributed by atoms with van der Waals surface area (Å²) in [5, 5.41) is 9.70. The van der Waals surface area contributed by atoms with Gasteiger partial charge >= 0.3 is 5.97 Å². The monoisotopic (exact) mass is 305 g/mol. The van der Waals surface area contributed by atoms with Crippen LogP contribution in [-0.2, 0) is 4.79 Å². The van der Waals surface area contributed by atoms with Gasteiger partial charge in [-0.25, -0.2) is 9.97 Å². The number of pyridine rings is 1. The summed E-state index contributed by atoms with van der Waals surface area (Å²) in [4.78, 5) is 19.9.